The third-order valence-electron chi connectivity index (χ3n) is 7.64. The maximum Gasteiger partial charge on any atom is 0.283 e. The fraction of sp³-hybridized carbons (Fsp3) is 0.542. The van der Waals surface area contributed by atoms with Gasteiger partial charge in [0, 0.05) is 18.2 Å². The van der Waals surface area contributed by atoms with Gasteiger partial charge in [-0.3, -0.25) is 9.59 Å². The molecule has 3 fully saturated rings. The van der Waals surface area contributed by atoms with E-state index in [9.17, 15) is 9.59 Å². The summed E-state index contributed by atoms with van der Waals surface area (Å²) in [6, 6.07) is 7.81. The molecule has 2 N–H and O–H groups in total. The molecular formula is C24H31BrN4O3. The van der Waals surface area contributed by atoms with Crippen molar-refractivity contribution in [3.63, 3.8) is 0 Å². The summed E-state index contributed by atoms with van der Waals surface area (Å²) in [6.07, 6.45) is 4.04. The lowest BCUT2D eigenvalue weighted by atomic mass is 9.45. The number of amides is 1. The molecule has 3 saturated carbocycles. The first-order valence-corrected chi connectivity index (χ1v) is 11.9. The van der Waals surface area contributed by atoms with E-state index in [0.717, 1.165) is 17.9 Å². The lowest BCUT2D eigenvalue weighted by Crippen LogP contribution is -2.58. The van der Waals surface area contributed by atoms with Crippen molar-refractivity contribution < 1.29 is 9.53 Å². The van der Waals surface area contributed by atoms with Crippen LogP contribution in [0.2, 0.25) is 0 Å². The van der Waals surface area contributed by atoms with Gasteiger partial charge in [-0.15, -0.1) is 0 Å². The fourth-order valence-electron chi connectivity index (χ4n) is 5.45. The van der Waals surface area contributed by atoms with Crippen LogP contribution in [0.3, 0.4) is 0 Å². The highest BCUT2D eigenvalue weighted by Gasteiger charge is 2.56. The van der Waals surface area contributed by atoms with Gasteiger partial charge in [0.2, 0.25) is 5.91 Å². The van der Waals surface area contributed by atoms with Crippen LogP contribution in [0.5, 0.6) is 5.75 Å². The number of hydrogen-bond donors (Lipinski definition) is 2. The van der Waals surface area contributed by atoms with Crippen molar-refractivity contribution in [3.05, 3.63) is 50.9 Å². The highest BCUT2D eigenvalue weighted by molar-refractivity contribution is 9.10. The van der Waals surface area contributed by atoms with Gasteiger partial charge in [0.25, 0.3) is 5.56 Å². The smallest absolute Gasteiger partial charge is 0.283 e. The van der Waals surface area contributed by atoms with E-state index < -0.39 is 0 Å². The summed E-state index contributed by atoms with van der Waals surface area (Å²) >= 11 is 3.43. The average molecular weight is 503 g/mol. The van der Waals surface area contributed by atoms with E-state index in [-0.39, 0.29) is 18.0 Å². The highest BCUT2D eigenvalue weighted by Crippen LogP contribution is 2.61. The first-order chi connectivity index (χ1) is 15.2. The van der Waals surface area contributed by atoms with Gasteiger partial charge < -0.3 is 15.4 Å². The molecule has 1 aromatic heterocycles. The summed E-state index contributed by atoms with van der Waals surface area (Å²) in [7, 11) is 1.59. The van der Waals surface area contributed by atoms with Crippen molar-refractivity contribution in [3.8, 4) is 5.75 Å². The molecule has 7 nitrogen and oxygen atoms in total. The summed E-state index contributed by atoms with van der Waals surface area (Å²) in [5.74, 6) is 2.38. The number of aromatic nitrogens is 2. The molecule has 32 heavy (non-hydrogen) atoms. The van der Waals surface area contributed by atoms with E-state index >= 15 is 0 Å². The molecular weight excluding hydrogens is 472 g/mol. The van der Waals surface area contributed by atoms with Crippen LogP contribution in [0.25, 0.3) is 0 Å². The van der Waals surface area contributed by atoms with Crippen molar-refractivity contribution in [2.45, 2.75) is 52.7 Å². The fourth-order valence-corrected chi connectivity index (χ4v) is 5.87. The van der Waals surface area contributed by atoms with Gasteiger partial charge in [0.15, 0.2) is 0 Å². The molecule has 0 spiro atoms. The lowest BCUT2D eigenvalue weighted by Gasteiger charge is -2.62. The number of ether oxygens (including phenoxy) is 1. The van der Waals surface area contributed by atoms with E-state index in [1.165, 1.54) is 11.1 Å². The molecule has 2 aromatic rings. The third-order valence-corrected chi connectivity index (χ3v) is 8.41. The van der Waals surface area contributed by atoms with E-state index in [1.807, 2.05) is 24.3 Å². The molecule has 0 saturated heterocycles. The van der Waals surface area contributed by atoms with Gasteiger partial charge >= 0.3 is 0 Å². The minimum Gasteiger partial charge on any atom is -0.496 e. The van der Waals surface area contributed by atoms with Gasteiger partial charge in [-0.05, 0) is 58.0 Å². The van der Waals surface area contributed by atoms with Gasteiger partial charge in [0.1, 0.15) is 16.8 Å². The predicted molar refractivity (Wildman–Crippen MR) is 128 cm³/mol. The minimum atomic E-state index is -0.323. The molecule has 0 aliphatic heterocycles. The van der Waals surface area contributed by atoms with Crippen LogP contribution < -0.4 is 20.9 Å². The van der Waals surface area contributed by atoms with Crippen molar-refractivity contribution in [1.82, 2.24) is 15.1 Å². The van der Waals surface area contributed by atoms with E-state index in [4.69, 9.17) is 4.74 Å². The molecule has 172 valence electrons. The van der Waals surface area contributed by atoms with Gasteiger partial charge in [-0.1, -0.05) is 39.0 Å². The second kappa shape index (κ2) is 8.89. The number of para-hydroxylation sites is 1. The summed E-state index contributed by atoms with van der Waals surface area (Å²) in [4.78, 5) is 25.2. The number of nitrogens with one attached hydrogen (secondary N) is 2. The zero-order valence-electron chi connectivity index (χ0n) is 19.0. The standard InChI is InChI=1S/C24H31BrN4O3/c1-14-17-9-16(24(17,2)3)10-18(14)28-19-12-27-29(23(31)22(19)25)13-21(30)26-11-15-7-5-6-8-20(15)32-4/h5-8,12,14,16-18,28H,9-11,13H2,1-4H3,(H,26,30)/t14-,16+,17-,18-/m1/s1. The monoisotopic (exact) mass is 502 g/mol. The number of fused-ring (bicyclic) bond motifs is 2. The minimum absolute atomic E-state index is 0.148. The van der Waals surface area contributed by atoms with Gasteiger partial charge in [-0.25, -0.2) is 4.68 Å². The molecule has 1 heterocycles. The molecule has 4 atom stereocenters. The predicted octanol–water partition coefficient (Wildman–Crippen LogP) is 3.81. The Bertz CT molecular complexity index is 1070. The number of hydrogen-bond acceptors (Lipinski definition) is 5. The second-order valence-corrected chi connectivity index (χ2v) is 10.4. The molecule has 2 bridgehead atoms. The Morgan fingerprint density at radius 2 is 2.06 bits per heavy atom. The molecule has 1 aromatic carbocycles. The Kier molecular flexibility index (Phi) is 6.34. The molecule has 3 aliphatic carbocycles. The first-order valence-electron chi connectivity index (χ1n) is 11.1. The lowest BCUT2D eigenvalue weighted by molar-refractivity contribution is -0.122. The number of benzene rings is 1. The van der Waals surface area contributed by atoms with E-state index in [1.54, 1.807) is 13.3 Å². The summed E-state index contributed by atoms with van der Waals surface area (Å²) in [5, 5.41) is 10.6. The Morgan fingerprint density at radius 3 is 2.75 bits per heavy atom. The zero-order chi connectivity index (χ0) is 23.0. The zero-order valence-corrected chi connectivity index (χ0v) is 20.6. The number of nitrogens with zero attached hydrogens (tertiary/aromatic N) is 2. The largest absolute Gasteiger partial charge is 0.496 e. The molecule has 1 amide bonds. The normalized spacial score (nSPS) is 25.5. The average Bonchev–Trinajstić information content (AvgIpc) is 2.78. The van der Waals surface area contributed by atoms with Crippen LogP contribution in [0.15, 0.2) is 39.7 Å². The third kappa shape index (κ3) is 4.17. The van der Waals surface area contributed by atoms with Gasteiger partial charge in [0.05, 0.1) is 19.0 Å². The van der Waals surface area contributed by atoms with E-state index in [0.29, 0.717) is 45.7 Å². The van der Waals surface area contributed by atoms with Crippen LogP contribution in [-0.2, 0) is 17.9 Å². The highest BCUT2D eigenvalue weighted by atomic mass is 79.9. The Morgan fingerprint density at radius 1 is 1.31 bits per heavy atom. The maximum atomic E-state index is 12.8. The van der Waals surface area contributed by atoms with Crippen LogP contribution in [0.1, 0.15) is 39.2 Å². The summed E-state index contributed by atoms with van der Waals surface area (Å²) < 4.78 is 6.89. The summed E-state index contributed by atoms with van der Waals surface area (Å²) in [5.41, 5.74) is 1.65. The SMILES string of the molecule is COc1ccccc1CNC(=O)Cn1ncc(N[C@@H]2C[C@@H]3C[C@H]([C@H]2C)C3(C)C)c(Br)c1=O. The van der Waals surface area contributed by atoms with Crippen molar-refractivity contribution in [2.24, 2.45) is 23.2 Å². The van der Waals surface area contributed by atoms with Crippen molar-refractivity contribution in [1.29, 1.82) is 0 Å². The second-order valence-electron chi connectivity index (χ2n) is 9.63. The number of rotatable bonds is 7. The topological polar surface area (TPSA) is 85.2 Å². The number of carbonyl (C=O) groups excluding carboxylic acids is 1. The Labute approximate surface area is 197 Å². The maximum absolute atomic E-state index is 12.8. The molecule has 3 aliphatic rings. The molecule has 0 radical (unpaired) electrons. The first kappa shape index (κ1) is 22.8. The quantitative estimate of drug-likeness (QED) is 0.601. The molecule has 5 rings (SSSR count). The number of anilines is 1. The van der Waals surface area contributed by atoms with Crippen molar-refractivity contribution in [2.75, 3.05) is 12.4 Å². The Balaban J connectivity index is 1.39. The summed E-state index contributed by atoms with van der Waals surface area (Å²) in [6.45, 7) is 7.21. The van der Waals surface area contributed by atoms with Crippen LogP contribution in [-0.4, -0.2) is 28.8 Å². The van der Waals surface area contributed by atoms with Crippen LogP contribution in [0, 0.1) is 23.2 Å². The van der Waals surface area contributed by atoms with Crippen LogP contribution >= 0.6 is 15.9 Å². The molecule has 0 unspecified atom stereocenters. The van der Waals surface area contributed by atoms with Crippen molar-refractivity contribution >= 4 is 27.5 Å². The number of carbonyl (C=O) groups is 1. The van der Waals surface area contributed by atoms with Crippen LogP contribution in [0.4, 0.5) is 5.69 Å². The number of methoxy groups -OCH3 is 1. The Hall–Kier alpha value is -2.35. The number of halogens is 1. The molecule has 8 heteroatoms. The van der Waals surface area contributed by atoms with E-state index in [2.05, 4.69) is 52.4 Å². The van der Waals surface area contributed by atoms with Gasteiger partial charge in [-0.2, -0.15) is 5.10 Å².